The van der Waals surface area contributed by atoms with Crippen LogP contribution in [0.15, 0.2) is 36.7 Å². The molecule has 1 aliphatic heterocycles. The highest BCUT2D eigenvalue weighted by atomic mass is 16.5. The number of hydrogen-bond donors (Lipinski definition) is 1. The van der Waals surface area contributed by atoms with Crippen LogP contribution in [0.4, 0.5) is 5.95 Å². The van der Waals surface area contributed by atoms with Gasteiger partial charge in [0.2, 0.25) is 5.95 Å². The Morgan fingerprint density at radius 2 is 1.73 bits per heavy atom. The molecule has 2 aliphatic rings. The van der Waals surface area contributed by atoms with Crippen molar-refractivity contribution in [1.29, 1.82) is 0 Å². The summed E-state index contributed by atoms with van der Waals surface area (Å²) >= 11 is 0. The fourth-order valence-corrected chi connectivity index (χ4v) is 4.70. The average Bonchev–Trinajstić information content (AvgIpc) is 3.54. The van der Waals surface area contributed by atoms with Gasteiger partial charge in [-0.25, -0.2) is 9.97 Å². The second kappa shape index (κ2) is 9.88. The second-order valence-corrected chi connectivity index (χ2v) is 9.11. The van der Waals surface area contributed by atoms with Crippen molar-refractivity contribution in [2.45, 2.75) is 58.7 Å². The van der Waals surface area contributed by atoms with Crippen molar-refractivity contribution in [3.63, 3.8) is 0 Å². The van der Waals surface area contributed by atoms with Crippen molar-refractivity contribution >= 4 is 5.95 Å². The van der Waals surface area contributed by atoms with Gasteiger partial charge in [0, 0.05) is 25.5 Å². The van der Waals surface area contributed by atoms with Gasteiger partial charge in [0.15, 0.2) is 0 Å². The van der Waals surface area contributed by atoms with Crippen molar-refractivity contribution in [3.8, 4) is 0 Å². The normalized spacial score (nSPS) is 22.8. The van der Waals surface area contributed by atoms with E-state index in [9.17, 15) is 5.11 Å². The molecule has 2 heterocycles. The molecular weight excluding hydrogens is 374 g/mol. The Bertz CT molecular complexity index is 783. The molecule has 30 heavy (non-hydrogen) atoms. The van der Waals surface area contributed by atoms with Gasteiger partial charge in [-0.15, -0.1) is 0 Å². The van der Waals surface area contributed by atoms with Crippen LogP contribution in [-0.4, -0.2) is 40.9 Å². The van der Waals surface area contributed by atoms with Gasteiger partial charge in [0.05, 0.1) is 19.3 Å². The molecule has 0 amide bonds. The summed E-state index contributed by atoms with van der Waals surface area (Å²) in [6.07, 6.45) is 9.13. The van der Waals surface area contributed by atoms with Crippen molar-refractivity contribution in [3.05, 3.63) is 53.3 Å². The SMILES string of the molecule is CCc1cnc(N2CCC(C3CC3COCc3ccc(CC(C)O)cc3)CC2)nc1. The van der Waals surface area contributed by atoms with Crippen LogP contribution >= 0.6 is 0 Å². The zero-order valence-electron chi connectivity index (χ0n) is 18.3. The molecular formula is C25H35N3O2. The molecule has 5 heteroatoms. The molecule has 3 unspecified atom stereocenters. The summed E-state index contributed by atoms with van der Waals surface area (Å²) in [5.41, 5.74) is 3.59. The minimum atomic E-state index is -0.292. The Hall–Kier alpha value is -1.98. The Morgan fingerprint density at radius 1 is 1.07 bits per heavy atom. The average molecular weight is 410 g/mol. The molecule has 0 bridgehead atoms. The zero-order valence-corrected chi connectivity index (χ0v) is 18.3. The van der Waals surface area contributed by atoms with E-state index in [-0.39, 0.29) is 6.10 Å². The van der Waals surface area contributed by atoms with E-state index >= 15 is 0 Å². The smallest absolute Gasteiger partial charge is 0.225 e. The first kappa shape index (κ1) is 21.3. The Morgan fingerprint density at radius 3 is 2.37 bits per heavy atom. The fourth-order valence-electron chi connectivity index (χ4n) is 4.70. The summed E-state index contributed by atoms with van der Waals surface area (Å²) in [5.74, 6) is 3.28. The quantitative estimate of drug-likeness (QED) is 0.678. The van der Waals surface area contributed by atoms with Crippen LogP contribution in [0.2, 0.25) is 0 Å². The van der Waals surface area contributed by atoms with Crippen LogP contribution in [0.1, 0.15) is 49.8 Å². The first-order valence-electron chi connectivity index (χ1n) is 11.5. The molecule has 162 valence electrons. The predicted molar refractivity (Wildman–Crippen MR) is 119 cm³/mol. The molecule has 5 nitrogen and oxygen atoms in total. The highest BCUT2D eigenvalue weighted by molar-refractivity contribution is 5.30. The molecule has 1 aromatic carbocycles. The number of ether oxygens (including phenoxy) is 1. The minimum Gasteiger partial charge on any atom is -0.393 e. The van der Waals surface area contributed by atoms with E-state index < -0.39 is 0 Å². The van der Waals surface area contributed by atoms with Crippen LogP contribution in [-0.2, 0) is 24.2 Å². The summed E-state index contributed by atoms with van der Waals surface area (Å²) in [6, 6.07) is 8.43. The van der Waals surface area contributed by atoms with E-state index in [0.717, 1.165) is 49.8 Å². The molecule has 1 aromatic heterocycles. The van der Waals surface area contributed by atoms with E-state index in [1.165, 1.54) is 36.0 Å². The van der Waals surface area contributed by atoms with Gasteiger partial charge in [-0.05, 0) is 73.5 Å². The number of anilines is 1. The highest BCUT2D eigenvalue weighted by Gasteiger charge is 2.43. The lowest BCUT2D eigenvalue weighted by Gasteiger charge is -2.32. The van der Waals surface area contributed by atoms with Crippen molar-refractivity contribution in [1.82, 2.24) is 9.97 Å². The largest absolute Gasteiger partial charge is 0.393 e. The van der Waals surface area contributed by atoms with Crippen LogP contribution in [0, 0.1) is 17.8 Å². The van der Waals surface area contributed by atoms with Crippen LogP contribution in [0.25, 0.3) is 0 Å². The Balaban J connectivity index is 1.15. The zero-order chi connectivity index (χ0) is 20.9. The lowest BCUT2D eigenvalue weighted by molar-refractivity contribution is 0.104. The molecule has 1 saturated heterocycles. The van der Waals surface area contributed by atoms with E-state index in [0.29, 0.717) is 13.0 Å². The number of hydrogen-bond acceptors (Lipinski definition) is 5. The third-order valence-corrected chi connectivity index (χ3v) is 6.66. The molecule has 2 aromatic rings. The standard InChI is InChI=1S/C25H35N3O2/c1-3-19-14-26-25(27-15-19)28-10-8-22(9-11-28)24-13-23(24)17-30-16-21-6-4-20(5-7-21)12-18(2)29/h4-7,14-15,18,22-24,29H,3,8-13,16-17H2,1-2H3. The lowest BCUT2D eigenvalue weighted by Crippen LogP contribution is -2.35. The monoisotopic (exact) mass is 409 g/mol. The third kappa shape index (κ3) is 5.58. The lowest BCUT2D eigenvalue weighted by atomic mass is 9.91. The number of rotatable bonds is 9. The molecule has 0 spiro atoms. The molecule has 3 atom stereocenters. The molecule has 1 aliphatic carbocycles. The van der Waals surface area contributed by atoms with Gasteiger partial charge in [-0.1, -0.05) is 31.2 Å². The topological polar surface area (TPSA) is 58.5 Å². The van der Waals surface area contributed by atoms with Crippen molar-refractivity contribution in [2.75, 3.05) is 24.6 Å². The maximum atomic E-state index is 9.48. The van der Waals surface area contributed by atoms with Crippen molar-refractivity contribution in [2.24, 2.45) is 17.8 Å². The van der Waals surface area contributed by atoms with Gasteiger partial charge >= 0.3 is 0 Å². The minimum absolute atomic E-state index is 0.292. The van der Waals surface area contributed by atoms with E-state index in [1.54, 1.807) is 0 Å². The first-order valence-corrected chi connectivity index (χ1v) is 11.5. The number of benzene rings is 1. The van der Waals surface area contributed by atoms with Crippen molar-refractivity contribution < 1.29 is 9.84 Å². The maximum Gasteiger partial charge on any atom is 0.225 e. The number of piperidine rings is 1. The van der Waals surface area contributed by atoms with Gasteiger partial charge in [-0.2, -0.15) is 0 Å². The predicted octanol–water partition coefficient (Wildman–Crippen LogP) is 4.03. The summed E-state index contributed by atoms with van der Waals surface area (Å²) in [7, 11) is 0. The van der Waals surface area contributed by atoms with Crippen LogP contribution < -0.4 is 4.90 Å². The first-order chi connectivity index (χ1) is 14.6. The van der Waals surface area contributed by atoms with Gasteiger partial charge in [-0.3, -0.25) is 0 Å². The number of aryl methyl sites for hydroxylation is 1. The van der Waals surface area contributed by atoms with E-state index in [1.807, 2.05) is 19.3 Å². The summed E-state index contributed by atoms with van der Waals surface area (Å²) in [5, 5.41) is 9.48. The van der Waals surface area contributed by atoms with E-state index in [4.69, 9.17) is 4.74 Å². The number of aliphatic hydroxyl groups is 1. The molecule has 4 rings (SSSR count). The molecule has 1 N–H and O–H groups in total. The second-order valence-electron chi connectivity index (χ2n) is 9.11. The fraction of sp³-hybridized carbons (Fsp3) is 0.600. The van der Waals surface area contributed by atoms with Gasteiger partial charge in [0.25, 0.3) is 0 Å². The number of aliphatic hydroxyl groups excluding tert-OH is 1. The molecule has 2 fully saturated rings. The van der Waals surface area contributed by atoms with E-state index in [2.05, 4.69) is 46.1 Å². The van der Waals surface area contributed by atoms with Crippen LogP contribution in [0.5, 0.6) is 0 Å². The maximum absolute atomic E-state index is 9.48. The summed E-state index contributed by atoms with van der Waals surface area (Å²) in [6.45, 7) is 7.65. The highest BCUT2D eigenvalue weighted by Crippen LogP contribution is 2.48. The van der Waals surface area contributed by atoms with Crippen LogP contribution in [0.3, 0.4) is 0 Å². The third-order valence-electron chi connectivity index (χ3n) is 6.66. The number of aromatic nitrogens is 2. The van der Waals surface area contributed by atoms with Gasteiger partial charge < -0.3 is 14.7 Å². The molecule has 1 saturated carbocycles. The van der Waals surface area contributed by atoms with Gasteiger partial charge in [0.1, 0.15) is 0 Å². The molecule has 0 radical (unpaired) electrons. The Labute approximate surface area is 180 Å². The Kier molecular flexibility index (Phi) is 7.00. The summed E-state index contributed by atoms with van der Waals surface area (Å²) < 4.78 is 6.02. The number of nitrogens with zero attached hydrogens (tertiary/aromatic N) is 3. The summed E-state index contributed by atoms with van der Waals surface area (Å²) in [4.78, 5) is 11.4.